The van der Waals surface area contributed by atoms with Crippen LogP contribution < -0.4 is 14.5 Å². The Hall–Kier alpha value is -3.48. The molecule has 0 unspecified atom stereocenters. The monoisotopic (exact) mass is 446 g/mol. The highest BCUT2D eigenvalue weighted by atomic mass is 16.5. The lowest BCUT2D eigenvalue weighted by atomic mass is 9.81. The van der Waals surface area contributed by atoms with Crippen LogP contribution in [-0.4, -0.2) is 30.2 Å². The van der Waals surface area contributed by atoms with Crippen LogP contribution in [0.15, 0.2) is 48.5 Å². The van der Waals surface area contributed by atoms with Crippen LogP contribution in [0.3, 0.4) is 0 Å². The fourth-order valence-corrected chi connectivity index (χ4v) is 5.19. The molecule has 2 aromatic carbocycles. The van der Waals surface area contributed by atoms with Gasteiger partial charge in [0.25, 0.3) is 0 Å². The van der Waals surface area contributed by atoms with Crippen molar-refractivity contribution in [1.82, 2.24) is 0 Å². The summed E-state index contributed by atoms with van der Waals surface area (Å²) in [5, 5.41) is 0. The molecule has 0 bridgehead atoms. The molecule has 3 aliphatic rings. The van der Waals surface area contributed by atoms with Crippen LogP contribution in [-0.2, 0) is 19.2 Å². The molecule has 0 N–H and O–H groups in total. The van der Waals surface area contributed by atoms with Gasteiger partial charge in [-0.3, -0.25) is 24.1 Å². The van der Waals surface area contributed by atoms with Gasteiger partial charge in [0.1, 0.15) is 5.75 Å². The highest BCUT2D eigenvalue weighted by Crippen LogP contribution is 2.40. The molecule has 170 valence electrons. The number of benzene rings is 2. The van der Waals surface area contributed by atoms with E-state index in [1.54, 1.807) is 29.2 Å². The molecule has 1 saturated carbocycles. The Morgan fingerprint density at radius 1 is 0.909 bits per heavy atom. The van der Waals surface area contributed by atoms with Crippen molar-refractivity contribution in [3.63, 3.8) is 0 Å². The molecular weight excluding hydrogens is 420 g/mol. The van der Waals surface area contributed by atoms with Crippen molar-refractivity contribution in [1.29, 1.82) is 0 Å². The van der Waals surface area contributed by atoms with Crippen LogP contribution in [0.25, 0.3) is 0 Å². The van der Waals surface area contributed by atoms with Gasteiger partial charge in [-0.15, -0.1) is 0 Å². The number of hydrogen-bond donors (Lipinski definition) is 0. The topological polar surface area (TPSA) is 84.0 Å². The van der Waals surface area contributed by atoms with Crippen LogP contribution in [0, 0.1) is 24.7 Å². The average molecular weight is 447 g/mol. The van der Waals surface area contributed by atoms with E-state index >= 15 is 0 Å². The Kier molecular flexibility index (Phi) is 5.48. The predicted molar refractivity (Wildman–Crippen MR) is 122 cm³/mol. The molecule has 7 heteroatoms. The van der Waals surface area contributed by atoms with Crippen molar-refractivity contribution in [2.75, 3.05) is 16.3 Å². The lowest BCUT2D eigenvalue weighted by molar-refractivity contribution is -0.139. The number of anilines is 2. The van der Waals surface area contributed by atoms with E-state index in [1.165, 1.54) is 4.90 Å². The number of fused-ring (bicyclic) bond motifs is 1. The molecule has 2 saturated heterocycles. The maximum atomic E-state index is 12.8. The van der Waals surface area contributed by atoms with E-state index in [4.69, 9.17) is 4.74 Å². The summed E-state index contributed by atoms with van der Waals surface area (Å²) in [6.45, 7) is 2.23. The third-order valence-electron chi connectivity index (χ3n) is 6.93. The van der Waals surface area contributed by atoms with Gasteiger partial charge in [-0.1, -0.05) is 25.0 Å². The number of nitrogens with zero attached hydrogens (tertiary/aromatic N) is 2. The number of carbonyl (C=O) groups excluding carboxylic acids is 4. The van der Waals surface area contributed by atoms with Crippen molar-refractivity contribution in [3.8, 4) is 5.75 Å². The summed E-state index contributed by atoms with van der Waals surface area (Å²) < 4.78 is 5.51. The fraction of sp³-hybridized carbons (Fsp3) is 0.385. The average Bonchev–Trinajstić information content (AvgIpc) is 3.32. The fourth-order valence-electron chi connectivity index (χ4n) is 5.19. The van der Waals surface area contributed by atoms with Crippen LogP contribution in [0.1, 0.15) is 37.7 Å². The Balaban J connectivity index is 1.24. The minimum Gasteiger partial charge on any atom is -0.426 e. The largest absolute Gasteiger partial charge is 0.426 e. The van der Waals surface area contributed by atoms with Crippen LogP contribution in [0.2, 0.25) is 0 Å². The first kappa shape index (κ1) is 21.4. The summed E-state index contributed by atoms with van der Waals surface area (Å²) in [6.07, 6.45) is 3.59. The molecule has 0 aromatic heterocycles. The molecule has 0 spiro atoms. The lowest BCUT2D eigenvalue weighted by Gasteiger charge is -2.19. The number of esters is 1. The van der Waals surface area contributed by atoms with Gasteiger partial charge in [-0.05, 0) is 61.7 Å². The first-order valence-electron chi connectivity index (χ1n) is 11.5. The highest BCUT2D eigenvalue weighted by Gasteiger charge is 2.48. The summed E-state index contributed by atoms with van der Waals surface area (Å²) in [7, 11) is 0. The standard InChI is InChI=1S/C26H26N2O5/c1-16-5-4-6-19(13-16)27-15-17(14-23(27)29)26(32)33-20-11-9-18(10-12-20)28-24(30)21-7-2-3-8-22(21)25(28)31/h4-6,9-13,17,21-22H,2-3,7-8,14-15H2,1H3/t17-,21-,22-/m1/s1. The van der Waals surface area contributed by atoms with Crippen molar-refractivity contribution < 1.29 is 23.9 Å². The van der Waals surface area contributed by atoms with Gasteiger partial charge in [-0.25, -0.2) is 0 Å². The van der Waals surface area contributed by atoms with Gasteiger partial charge < -0.3 is 9.64 Å². The van der Waals surface area contributed by atoms with Crippen molar-refractivity contribution in [3.05, 3.63) is 54.1 Å². The van der Waals surface area contributed by atoms with Crippen LogP contribution >= 0.6 is 0 Å². The number of aryl methyl sites for hydroxylation is 1. The smallest absolute Gasteiger partial charge is 0.316 e. The normalized spacial score (nSPS) is 24.9. The number of ether oxygens (including phenoxy) is 1. The summed E-state index contributed by atoms with van der Waals surface area (Å²) in [6, 6.07) is 14.1. The van der Waals surface area contributed by atoms with Gasteiger partial charge in [0, 0.05) is 18.7 Å². The zero-order chi connectivity index (χ0) is 23.1. The van der Waals surface area contributed by atoms with Crippen LogP contribution in [0.5, 0.6) is 5.75 Å². The maximum Gasteiger partial charge on any atom is 0.316 e. The second-order valence-corrected chi connectivity index (χ2v) is 9.17. The molecule has 3 fully saturated rings. The number of carbonyl (C=O) groups is 4. The number of amides is 3. The first-order chi connectivity index (χ1) is 15.9. The van der Waals surface area contributed by atoms with Gasteiger partial charge in [-0.2, -0.15) is 0 Å². The number of imide groups is 1. The second-order valence-electron chi connectivity index (χ2n) is 9.17. The van der Waals surface area contributed by atoms with E-state index in [0.29, 0.717) is 11.4 Å². The highest BCUT2D eigenvalue weighted by molar-refractivity contribution is 6.22. The first-order valence-corrected chi connectivity index (χ1v) is 11.5. The molecule has 3 amide bonds. The van der Waals surface area contributed by atoms with E-state index < -0.39 is 11.9 Å². The van der Waals surface area contributed by atoms with Crippen molar-refractivity contribution in [2.45, 2.75) is 39.0 Å². The molecule has 2 aliphatic heterocycles. The van der Waals surface area contributed by atoms with E-state index in [1.807, 2.05) is 31.2 Å². The minimum atomic E-state index is -0.553. The zero-order valence-electron chi connectivity index (χ0n) is 18.5. The molecule has 2 heterocycles. The van der Waals surface area contributed by atoms with Gasteiger partial charge in [0.05, 0.1) is 23.4 Å². The molecular formula is C26H26N2O5. The number of hydrogen-bond acceptors (Lipinski definition) is 5. The third-order valence-corrected chi connectivity index (χ3v) is 6.93. The van der Waals surface area contributed by atoms with Crippen molar-refractivity contribution in [2.24, 2.45) is 17.8 Å². The van der Waals surface area contributed by atoms with E-state index in [9.17, 15) is 19.2 Å². The van der Waals surface area contributed by atoms with Gasteiger partial charge in [0.2, 0.25) is 17.7 Å². The summed E-state index contributed by atoms with van der Waals surface area (Å²) in [5.74, 6) is -1.48. The SMILES string of the molecule is Cc1cccc(N2C[C@H](C(=O)Oc3ccc(N4C(=O)[C@@H]5CCCC[C@H]5C4=O)cc3)CC2=O)c1. The number of rotatable bonds is 4. The molecule has 33 heavy (non-hydrogen) atoms. The quantitative estimate of drug-likeness (QED) is 0.407. The minimum absolute atomic E-state index is 0.102. The molecule has 5 rings (SSSR count). The van der Waals surface area contributed by atoms with Crippen LogP contribution in [0.4, 0.5) is 11.4 Å². The summed E-state index contributed by atoms with van der Waals surface area (Å²) >= 11 is 0. The Morgan fingerprint density at radius 3 is 2.21 bits per heavy atom. The lowest BCUT2D eigenvalue weighted by Crippen LogP contribution is -2.30. The second kappa shape index (κ2) is 8.46. The molecule has 0 radical (unpaired) electrons. The van der Waals surface area contributed by atoms with Gasteiger partial charge in [0.15, 0.2) is 0 Å². The predicted octanol–water partition coefficient (Wildman–Crippen LogP) is 3.63. The van der Waals surface area contributed by atoms with Crippen molar-refractivity contribution >= 4 is 35.1 Å². The Morgan fingerprint density at radius 2 is 1.58 bits per heavy atom. The summed E-state index contributed by atoms with van der Waals surface area (Å²) in [4.78, 5) is 53.6. The Labute approximate surface area is 192 Å². The third kappa shape index (κ3) is 3.92. The molecule has 2 aromatic rings. The van der Waals surface area contributed by atoms with E-state index in [0.717, 1.165) is 36.9 Å². The van der Waals surface area contributed by atoms with Gasteiger partial charge >= 0.3 is 5.97 Å². The molecule has 1 aliphatic carbocycles. The molecule has 3 atom stereocenters. The van der Waals surface area contributed by atoms with E-state index in [2.05, 4.69) is 0 Å². The molecule has 7 nitrogen and oxygen atoms in total. The van der Waals surface area contributed by atoms with E-state index in [-0.39, 0.29) is 42.5 Å². The summed E-state index contributed by atoms with van der Waals surface area (Å²) in [5.41, 5.74) is 2.32. The zero-order valence-corrected chi connectivity index (χ0v) is 18.5. The Bertz CT molecular complexity index is 1100. The maximum absolute atomic E-state index is 12.8.